The van der Waals surface area contributed by atoms with Crippen molar-refractivity contribution in [1.29, 1.82) is 0 Å². The van der Waals surface area contributed by atoms with E-state index in [0.717, 1.165) is 5.69 Å². The summed E-state index contributed by atoms with van der Waals surface area (Å²) < 4.78 is 0. The van der Waals surface area contributed by atoms with Crippen molar-refractivity contribution < 1.29 is 4.79 Å². The standard InChI is InChI=1S/C18H19N5O/c1-18(2)22-16(19)21-17(20)23(18)14-10-6-9-13(11-14)15(24)12-7-4-3-5-8-12/h3-11H,1-2H3,(H4,19,20,21,22). The number of nitrogens with two attached hydrogens (primary N) is 2. The van der Waals surface area contributed by atoms with Crippen molar-refractivity contribution in [3.63, 3.8) is 0 Å². The van der Waals surface area contributed by atoms with Gasteiger partial charge in [-0.2, -0.15) is 4.99 Å². The highest BCUT2D eigenvalue weighted by Gasteiger charge is 2.33. The van der Waals surface area contributed by atoms with Crippen molar-refractivity contribution in [2.75, 3.05) is 4.90 Å². The van der Waals surface area contributed by atoms with Gasteiger partial charge in [-0.1, -0.05) is 42.5 Å². The Morgan fingerprint density at radius 3 is 2.33 bits per heavy atom. The second-order valence-corrected chi connectivity index (χ2v) is 6.02. The number of hydrogen-bond donors (Lipinski definition) is 2. The Hall–Kier alpha value is -3.15. The maximum Gasteiger partial charge on any atom is 0.220 e. The van der Waals surface area contributed by atoms with E-state index in [1.807, 2.05) is 44.2 Å². The van der Waals surface area contributed by atoms with E-state index >= 15 is 0 Å². The second-order valence-electron chi connectivity index (χ2n) is 6.02. The van der Waals surface area contributed by atoms with E-state index in [-0.39, 0.29) is 17.7 Å². The third kappa shape index (κ3) is 2.86. The lowest BCUT2D eigenvalue weighted by Crippen LogP contribution is -2.54. The molecule has 0 bridgehead atoms. The zero-order valence-corrected chi connectivity index (χ0v) is 13.6. The molecule has 4 N–H and O–H groups in total. The molecule has 3 rings (SSSR count). The largest absolute Gasteiger partial charge is 0.369 e. The number of guanidine groups is 2. The second kappa shape index (κ2) is 5.81. The van der Waals surface area contributed by atoms with Gasteiger partial charge >= 0.3 is 0 Å². The number of carbonyl (C=O) groups is 1. The van der Waals surface area contributed by atoms with Gasteiger partial charge in [0.2, 0.25) is 11.9 Å². The summed E-state index contributed by atoms with van der Waals surface area (Å²) in [5.74, 6) is 0.341. The van der Waals surface area contributed by atoms with Crippen LogP contribution in [0, 0.1) is 0 Å². The van der Waals surface area contributed by atoms with Gasteiger partial charge in [0.05, 0.1) is 0 Å². The molecule has 0 saturated heterocycles. The molecule has 2 aromatic carbocycles. The molecule has 0 atom stereocenters. The number of benzene rings is 2. The van der Waals surface area contributed by atoms with E-state index in [4.69, 9.17) is 11.5 Å². The van der Waals surface area contributed by atoms with Crippen molar-refractivity contribution in [1.82, 2.24) is 0 Å². The van der Waals surface area contributed by atoms with Crippen LogP contribution in [0.4, 0.5) is 5.69 Å². The maximum absolute atomic E-state index is 12.6. The summed E-state index contributed by atoms with van der Waals surface area (Å²) in [6.07, 6.45) is 0. The molecule has 0 saturated carbocycles. The Morgan fingerprint density at radius 1 is 1.00 bits per heavy atom. The first kappa shape index (κ1) is 15.7. The van der Waals surface area contributed by atoms with Crippen LogP contribution < -0.4 is 16.4 Å². The first-order valence-corrected chi connectivity index (χ1v) is 7.58. The average Bonchev–Trinajstić information content (AvgIpc) is 2.53. The summed E-state index contributed by atoms with van der Waals surface area (Å²) in [4.78, 5) is 22.8. The smallest absolute Gasteiger partial charge is 0.220 e. The number of aliphatic imine (C=N–C) groups is 2. The topological polar surface area (TPSA) is 97.1 Å². The molecule has 0 aliphatic carbocycles. The molecule has 0 aromatic heterocycles. The third-order valence-electron chi connectivity index (χ3n) is 3.80. The van der Waals surface area contributed by atoms with E-state index in [1.54, 1.807) is 29.2 Å². The molecular formula is C18H19N5O. The minimum absolute atomic E-state index is 0.0502. The van der Waals surface area contributed by atoms with Gasteiger partial charge in [-0.05, 0) is 26.0 Å². The van der Waals surface area contributed by atoms with Gasteiger partial charge in [0.25, 0.3) is 0 Å². The molecule has 24 heavy (non-hydrogen) atoms. The Kier molecular flexibility index (Phi) is 3.81. The Labute approximate surface area is 140 Å². The van der Waals surface area contributed by atoms with Crippen molar-refractivity contribution in [3.05, 3.63) is 65.7 Å². The van der Waals surface area contributed by atoms with E-state index in [2.05, 4.69) is 9.98 Å². The highest BCUT2D eigenvalue weighted by Crippen LogP contribution is 2.28. The van der Waals surface area contributed by atoms with Crippen molar-refractivity contribution >= 4 is 23.4 Å². The fourth-order valence-corrected chi connectivity index (χ4v) is 2.79. The Balaban J connectivity index is 2.00. The molecule has 2 aromatic rings. The number of rotatable bonds is 3. The molecule has 122 valence electrons. The number of nitrogens with zero attached hydrogens (tertiary/aromatic N) is 3. The van der Waals surface area contributed by atoms with E-state index < -0.39 is 5.66 Å². The van der Waals surface area contributed by atoms with Gasteiger partial charge in [0, 0.05) is 16.8 Å². The number of hydrogen-bond acceptors (Lipinski definition) is 6. The molecule has 6 heteroatoms. The molecular weight excluding hydrogens is 302 g/mol. The molecule has 0 spiro atoms. The molecule has 0 unspecified atom stereocenters. The summed E-state index contributed by atoms with van der Waals surface area (Å²) in [6, 6.07) is 16.4. The predicted molar refractivity (Wildman–Crippen MR) is 96.1 cm³/mol. The summed E-state index contributed by atoms with van der Waals surface area (Å²) in [5.41, 5.74) is 13.0. The fourth-order valence-electron chi connectivity index (χ4n) is 2.79. The van der Waals surface area contributed by atoms with Crippen LogP contribution in [0.1, 0.15) is 29.8 Å². The first-order valence-electron chi connectivity index (χ1n) is 7.58. The molecule has 0 amide bonds. The van der Waals surface area contributed by atoms with Crippen LogP contribution in [-0.2, 0) is 0 Å². The average molecular weight is 321 g/mol. The van der Waals surface area contributed by atoms with Gasteiger partial charge in [0.1, 0.15) is 5.66 Å². The molecule has 1 aliphatic heterocycles. The predicted octanol–water partition coefficient (Wildman–Crippen LogP) is 2.10. The van der Waals surface area contributed by atoms with Crippen LogP contribution >= 0.6 is 0 Å². The minimum Gasteiger partial charge on any atom is -0.369 e. The molecule has 1 heterocycles. The Morgan fingerprint density at radius 2 is 1.67 bits per heavy atom. The fraction of sp³-hybridized carbons (Fsp3) is 0.167. The monoisotopic (exact) mass is 321 g/mol. The van der Waals surface area contributed by atoms with E-state index in [9.17, 15) is 4.79 Å². The number of ketones is 1. The van der Waals surface area contributed by atoms with Crippen molar-refractivity contribution in [2.45, 2.75) is 19.5 Å². The van der Waals surface area contributed by atoms with Crippen LogP contribution in [0.5, 0.6) is 0 Å². The summed E-state index contributed by atoms with van der Waals surface area (Å²) >= 11 is 0. The highest BCUT2D eigenvalue weighted by atomic mass is 16.1. The first-order chi connectivity index (χ1) is 11.4. The summed E-state index contributed by atoms with van der Waals surface area (Å²) in [5, 5.41) is 0. The Bertz CT molecular complexity index is 839. The normalized spacial score (nSPS) is 16.3. The van der Waals surface area contributed by atoms with Crippen LogP contribution in [0.2, 0.25) is 0 Å². The lowest BCUT2D eigenvalue weighted by Gasteiger charge is -2.38. The molecule has 0 fully saturated rings. The molecule has 6 nitrogen and oxygen atoms in total. The number of anilines is 1. The van der Waals surface area contributed by atoms with E-state index in [1.165, 1.54) is 0 Å². The maximum atomic E-state index is 12.6. The van der Waals surface area contributed by atoms with Crippen LogP contribution in [0.15, 0.2) is 64.6 Å². The van der Waals surface area contributed by atoms with Gasteiger partial charge in [-0.3, -0.25) is 9.69 Å². The van der Waals surface area contributed by atoms with Gasteiger partial charge in [0.15, 0.2) is 5.78 Å². The van der Waals surface area contributed by atoms with Crippen LogP contribution in [0.25, 0.3) is 0 Å². The molecule has 0 radical (unpaired) electrons. The zero-order chi connectivity index (χ0) is 17.3. The van der Waals surface area contributed by atoms with Crippen molar-refractivity contribution in [2.24, 2.45) is 21.5 Å². The minimum atomic E-state index is -0.690. The van der Waals surface area contributed by atoms with Gasteiger partial charge in [-0.15, -0.1) is 0 Å². The SMILES string of the molecule is CC1(C)N=C(N)N=C(N)N1c1cccc(C(=O)c2ccccc2)c1. The number of carbonyl (C=O) groups excluding carboxylic acids is 1. The zero-order valence-electron chi connectivity index (χ0n) is 13.6. The van der Waals surface area contributed by atoms with Gasteiger partial charge < -0.3 is 11.5 Å². The van der Waals surface area contributed by atoms with Crippen LogP contribution in [0.3, 0.4) is 0 Å². The summed E-state index contributed by atoms with van der Waals surface area (Å²) in [6.45, 7) is 3.76. The highest BCUT2D eigenvalue weighted by molar-refractivity contribution is 6.10. The quantitative estimate of drug-likeness (QED) is 0.846. The van der Waals surface area contributed by atoms with Crippen LogP contribution in [-0.4, -0.2) is 23.4 Å². The van der Waals surface area contributed by atoms with E-state index in [0.29, 0.717) is 11.1 Å². The lowest BCUT2D eigenvalue weighted by molar-refractivity contribution is 0.103. The molecule has 1 aliphatic rings. The summed E-state index contributed by atoms with van der Waals surface area (Å²) in [7, 11) is 0. The van der Waals surface area contributed by atoms with Crippen molar-refractivity contribution in [3.8, 4) is 0 Å². The third-order valence-corrected chi connectivity index (χ3v) is 3.80. The van der Waals surface area contributed by atoms with Gasteiger partial charge in [-0.25, -0.2) is 4.99 Å². The lowest BCUT2D eigenvalue weighted by atomic mass is 10.0.